The number of thiazole rings is 1. The highest BCUT2D eigenvalue weighted by Gasteiger charge is 2.15. The number of nitrogens with zero attached hydrogens (tertiary/aromatic N) is 1. The van der Waals surface area contributed by atoms with Gasteiger partial charge in [-0.15, -0.1) is 0 Å². The summed E-state index contributed by atoms with van der Waals surface area (Å²) < 4.78 is 9.82. The van der Waals surface area contributed by atoms with Gasteiger partial charge in [-0.2, -0.15) is 0 Å². The quantitative estimate of drug-likeness (QED) is 0.406. The summed E-state index contributed by atoms with van der Waals surface area (Å²) in [6.45, 7) is 1.36. The molecule has 6 N–H and O–H groups in total. The van der Waals surface area contributed by atoms with E-state index in [1.165, 1.54) is 0 Å². The molecule has 0 aromatic carbocycles. The highest BCUT2D eigenvalue weighted by molar-refractivity contribution is 7.18. The lowest BCUT2D eigenvalue weighted by molar-refractivity contribution is -0.122. The highest BCUT2D eigenvalue weighted by Crippen LogP contribution is 2.24. The number of methoxy groups -OCH3 is 1. The average molecular weight is 317 g/mol. The number of carbonyl (C=O) groups excluding carboxylic acids is 2. The number of hydrogen-bond acceptors (Lipinski definition) is 8. The number of ether oxygens (including phenoxy) is 2. The Morgan fingerprint density at radius 2 is 2.10 bits per heavy atom. The summed E-state index contributed by atoms with van der Waals surface area (Å²) in [4.78, 5) is 26.7. The van der Waals surface area contributed by atoms with E-state index in [0.717, 1.165) is 11.3 Å². The second-order valence-electron chi connectivity index (χ2n) is 3.93. The molecule has 1 heterocycles. The molecule has 0 aliphatic rings. The second kappa shape index (κ2) is 9.10. The minimum atomic E-state index is -0.556. The molecule has 1 aromatic rings. The lowest BCUT2D eigenvalue weighted by atomic mass is 10.4. The van der Waals surface area contributed by atoms with Gasteiger partial charge in [0.1, 0.15) is 17.3 Å². The Labute approximate surface area is 126 Å². The third-order valence-electron chi connectivity index (χ3n) is 2.22. The van der Waals surface area contributed by atoms with Crippen LogP contribution in [-0.2, 0) is 14.3 Å². The van der Waals surface area contributed by atoms with Gasteiger partial charge in [0.05, 0.1) is 13.2 Å². The molecule has 0 atom stereocenters. The van der Waals surface area contributed by atoms with Gasteiger partial charge in [0, 0.05) is 20.2 Å². The molecular weight excluding hydrogens is 298 g/mol. The first-order chi connectivity index (χ1) is 10.0. The fourth-order valence-corrected chi connectivity index (χ4v) is 2.15. The fraction of sp³-hybridized carbons (Fsp3) is 0.545. The molecule has 0 spiro atoms. The minimum Gasteiger partial charge on any atom is -0.383 e. The maximum atomic E-state index is 11.9. The van der Waals surface area contributed by atoms with E-state index < -0.39 is 5.91 Å². The van der Waals surface area contributed by atoms with Gasteiger partial charge >= 0.3 is 0 Å². The summed E-state index contributed by atoms with van der Waals surface area (Å²) in [6, 6.07) is 0. The molecule has 0 aliphatic heterocycles. The summed E-state index contributed by atoms with van der Waals surface area (Å²) in [6.07, 6.45) is 0. The topological polar surface area (TPSA) is 142 Å². The second-order valence-corrected chi connectivity index (χ2v) is 4.93. The van der Waals surface area contributed by atoms with Gasteiger partial charge in [0.2, 0.25) is 5.91 Å². The summed E-state index contributed by atoms with van der Waals surface area (Å²) in [5, 5.41) is 6.17. The van der Waals surface area contributed by atoms with Crippen LogP contribution >= 0.6 is 11.3 Å². The molecule has 0 radical (unpaired) electrons. The van der Waals surface area contributed by atoms with E-state index in [9.17, 15) is 9.59 Å². The Morgan fingerprint density at radius 3 is 2.76 bits per heavy atom. The molecule has 21 heavy (non-hydrogen) atoms. The number of aromatic nitrogens is 1. The number of nitrogen functional groups attached to an aromatic ring is 1. The van der Waals surface area contributed by atoms with Gasteiger partial charge < -0.3 is 31.6 Å². The van der Waals surface area contributed by atoms with E-state index >= 15 is 0 Å². The molecule has 0 bridgehead atoms. The molecule has 0 unspecified atom stereocenters. The van der Waals surface area contributed by atoms with E-state index in [-0.39, 0.29) is 31.5 Å². The van der Waals surface area contributed by atoms with E-state index in [2.05, 4.69) is 15.6 Å². The molecule has 118 valence electrons. The van der Waals surface area contributed by atoms with Crippen molar-refractivity contribution in [2.75, 3.05) is 51.1 Å². The zero-order chi connectivity index (χ0) is 15.7. The minimum absolute atomic E-state index is 0.162. The average Bonchev–Trinajstić information content (AvgIpc) is 2.79. The number of hydrogen-bond donors (Lipinski definition) is 4. The Hall–Kier alpha value is -1.91. The molecule has 0 fully saturated rings. The first-order valence-electron chi connectivity index (χ1n) is 6.18. The van der Waals surface area contributed by atoms with Crippen molar-refractivity contribution < 1.29 is 19.1 Å². The number of anilines is 2. The summed E-state index contributed by atoms with van der Waals surface area (Å²) in [5.74, 6) is -0.734. The van der Waals surface area contributed by atoms with Crippen LogP contribution in [0.25, 0.3) is 0 Å². The Morgan fingerprint density at radius 1 is 1.33 bits per heavy atom. The zero-order valence-corrected chi connectivity index (χ0v) is 12.5. The number of nitrogens with two attached hydrogens (primary N) is 2. The molecule has 9 nitrogen and oxygen atoms in total. The van der Waals surface area contributed by atoms with Crippen molar-refractivity contribution >= 4 is 34.1 Å². The summed E-state index contributed by atoms with van der Waals surface area (Å²) >= 11 is 1.16. The van der Waals surface area contributed by atoms with Crippen LogP contribution in [0.3, 0.4) is 0 Å². The van der Waals surface area contributed by atoms with Crippen LogP contribution in [0.15, 0.2) is 0 Å². The largest absolute Gasteiger partial charge is 0.383 e. The van der Waals surface area contributed by atoms with Crippen LogP contribution in [0.2, 0.25) is 0 Å². The third kappa shape index (κ3) is 6.38. The maximum Gasteiger partial charge on any atom is 0.265 e. The third-order valence-corrected chi connectivity index (χ3v) is 3.25. The van der Waals surface area contributed by atoms with E-state index in [1.54, 1.807) is 7.11 Å². The summed E-state index contributed by atoms with van der Waals surface area (Å²) in [5.41, 5.74) is 10.6. The van der Waals surface area contributed by atoms with Gasteiger partial charge in [-0.1, -0.05) is 11.3 Å². The van der Waals surface area contributed by atoms with Crippen LogP contribution in [-0.4, -0.2) is 56.8 Å². The predicted molar refractivity (Wildman–Crippen MR) is 79.2 cm³/mol. The van der Waals surface area contributed by atoms with Gasteiger partial charge in [0.25, 0.3) is 5.91 Å². The fourth-order valence-electron chi connectivity index (χ4n) is 1.32. The van der Waals surface area contributed by atoms with Crippen molar-refractivity contribution in [3.8, 4) is 0 Å². The summed E-state index contributed by atoms with van der Waals surface area (Å²) in [7, 11) is 1.59. The van der Waals surface area contributed by atoms with Gasteiger partial charge in [-0.25, -0.2) is 4.98 Å². The molecule has 1 rings (SSSR count). The molecule has 1 aromatic heterocycles. The van der Waals surface area contributed by atoms with Crippen molar-refractivity contribution in [3.05, 3.63) is 4.88 Å². The van der Waals surface area contributed by atoms with Crippen LogP contribution < -0.4 is 22.1 Å². The van der Waals surface area contributed by atoms with Crippen LogP contribution in [0, 0.1) is 0 Å². The zero-order valence-electron chi connectivity index (χ0n) is 11.7. The lowest BCUT2D eigenvalue weighted by Crippen LogP contribution is -2.28. The molecule has 10 heteroatoms. The van der Waals surface area contributed by atoms with Gasteiger partial charge in [-0.05, 0) is 0 Å². The van der Waals surface area contributed by atoms with Crippen molar-refractivity contribution in [1.82, 2.24) is 10.3 Å². The molecule has 2 amide bonds. The van der Waals surface area contributed by atoms with Gasteiger partial charge in [-0.3, -0.25) is 9.59 Å². The molecule has 0 aliphatic carbocycles. The van der Waals surface area contributed by atoms with E-state index in [1.807, 2.05) is 0 Å². The number of rotatable bonds is 10. The van der Waals surface area contributed by atoms with Crippen LogP contribution in [0.4, 0.5) is 10.9 Å². The molecular formula is C11H19N5O4S. The smallest absolute Gasteiger partial charge is 0.265 e. The number of amides is 2. The van der Waals surface area contributed by atoms with Gasteiger partial charge in [0.15, 0.2) is 5.13 Å². The SMILES string of the molecule is COCCNc1nc(N)c(C(=O)NCCOCC(N)=O)s1. The van der Waals surface area contributed by atoms with E-state index in [0.29, 0.717) is 23.2 Å². The molecule has 0 saturated heterocycles. The van der Waals surface area contributed by atoms with E-state index in [4.69, 9.17) is 20.9 Å². The van der Waals surface area contributed by atoms with Crippen molar-refractivity contribution in [3.63, 3.8) is 0 Å². The molecule has 0 saturated carbocycles. The monoisotopic (exact) mass is 317 g/mol. The van der Waals surface area contributed by atoms with Crippen molar-refractivity contribution in [2.45, 2.75) is 0 Å². The predicted octanol–water partition coefficient (Wildman–Crippen LogP) is -0.985. The van der Waals surface area contributed by atoms with Crippen LogP contribution in [0.1, 0.15) is 9.67 Å². The normalized spacial score (nSPS) is 10.3. The first kappa shape index (κ1) is 17.1. The first-order valence-corrected chi connectivity index (χ1v) is 6.99. The Bertz CT molecular complexity index is 479. The Balaban J connectivity index is 2.37. The highest BCUT2D eigenvalue weighted by atomic mass is 32.1. The van der Waals surface area contributed by atoms with Crippen LogP contribution in [0.5, 0.6) is 0 Å². The van der Waals surface area contributed by atoms with Crippen molar-refractivity contribution in [1.29, 1.82) is 0 Å². The maximum absolute atomic E-state index is 11.9. The standard InChI is InChI=1S/C11H19N5O4S/c1-19-4-2-15-11-16-9(13)8(21-11)10(18)14-3-5-20-6-7(12)17/h2-6,13H2,1H3,(H2,12,17)(H,14,18)(H,15,16). The van der Waals surface area contributed by atoms with Crippen molar-refractivity contribution in [2.24, 2.45) is 5.73 Å². The number of primary amides is 1. The Kier molecular flexibility index (Phi) is 7.43. The number of carbonyl (C=O) groups is 2. The number of nitrogens with one attached hydrogen (secondary N) is 2. The lowest BCUT2D eigenvalue weighted by Gasteiger charge is -2.04.